The van der Waals surface area contributed by atoms with E-state index < -0.39 is 24.3 Å². The second-order valence-electron chi connectivity index (χ2n) is 28.7. The molecule has 0 bridgehead atoms. The lowest BCUT2D eigenvalue weighted by Crippen LogP contribution is -2.40. The summed E-state index contributed by atoms with van der Waals surface area (Å²) in [5.74, 6) is -2.07. The van der Waals surface area contributed by atoms with E-state index in [1.165, 1.54) is 180 Å². The molecule has 0 aromatic carbocycles. The van der Waals surface area contributed by atoms with Crippen LogP contribution < -0.4 is 0 Å². The first-order valence-electron chi connectivity index (χ1n) is 41.9. The number of allylic oxidation sites excluding steroid dienone is 30. The van der Waals surface area contributed by atoms with E-state index in [2.05, 4.69) is 196 Å². The van der Waals surface area contributed by atoms with Gasteiger partial charge < -0.3 is 28.5 Å². The number of unbranched alkanes of at least 4 members (excludes halogenated alkanes) is 31. The molecule has 0 saturated carbocycles. The minimum atomic E-state index is -1.53. The van der Waals surface area contributed by atoms with E-state index in [9.17, 15) is 19.5 Å². The van der Waals surface area contributed by atoms with Gasteiger partial charge in [-0.3, -0.25) is 9.59 Å². The summed E-state index contributed by atoms with van der Waals surface area (Å²) in [4.78, 5) is 37.7. The molecule has 0 amide bonds. The summed E-state index contributed by atoms with van der Waals surface area (Å²) in [5, 5.41) is 9.78. The topological polar surface area (TPSA) is 108 Å². The fraction of sp³-hybridized carbons (Fsp3) is 0.649. The molecule has 584 valence electrons. The molecular formula is C94H156NO8+. The van der Waals surface area contributed by atoms with E-state index in [1.54, 1.807) is 0 Å². The van der Waals surface area contributed by atoms with Crippen molar-refractivity contribution in [2.45, 2.75) is 347 Å². The highest BCUT2D eigenvalue weighted by molar-refractivity contribution is 5.71. The Bertz CT molecular complexity index is 2360. The van der Waals surface area contributed by atoms with Crippen LogP contribution in [0.15, 0.2) is 182 Å². The first-order valence-corrected chi connectivity index (χ1v) is 41.9. The number of ether oxygens (including phenoxy) is 4. The number of carbonyl (C=O) groups is 3. The highest BCUT2D eigenvalue weighted by atomic mass is 16.7. The normalized spacial score (nSPS) is 13.6. The fourth-order valence-corrected chi connectivity index (χ4v) is 11.3. The zero-order valence-corrected chi connectivity index (χ0v) is 66.9. The Labute approximate surface area is 634 Å². The van der Waals surface area contributed by atoms with Gasteiger partial charge in [-0.05, 0) is 141 Å². The number of quaternary nitrogens is 1. The lowest BCUT2D eigenvalue weighted by atomic mass is 10.0. The molecule has 0 spiro atoms. The van der Waals surface area contributed by atoms with Crippen LogP contribution in [-0.4, -0.2) is 87.4 Å². The Hall–Kier alpha value is -5.61. The van der Waals surface area contributed by atoms with E-state index in [0.29, 0.717) is 17.4 Å². The summed E-state index contributed by atoms with van der Waals surface area (Å²) >= 11 is 0. The van der Waals surface area contributed by atoms with Crippen LogP contribution in [0.25, 0.3) is 0 Å². The van der Waals surface area contributed by atoms with Crippen LogP contribution in [-0.2, 0) is 33.3 Å². The average molecular weight is 1430 g/mol. The van der Waals surface area contributed by atoms with Crippen LogP contribution in [0.5, 0.6) is 0 Å². The lowest BCUT2D eigenvalue weighted by Gasteiger charge is -2.25. The second-order valence-corrected chi connectivity index (χ2v) is 28.7. The number of aliphatic carboxylic acids is 1. The van der Waals surface area contributed by atoms with Crippen LogP contribution in [0.4, 0.5) is 0 Å². The monoisotopic (exact) mass is 1430 g/mol. The number of likely N-dealkylation sites (N-methyl/N-ethyl adjacent to an activating group) is 1. The first kappa shape index (κ1) is 97.4. The van der Waals surface area contributed by atoms with Gasteiger partial charge in [0.2, 0.25) is 0 Å². The lowest BCUT2D eigenvalue weighted by molar-refractivity contribution is -0.870. The zero-order chi connectivity index (χ0) is 74.6. The Kier molecular flexibility index (Phi) is 77.6. The maximum Gasteiger partial charge on any atom is 0.361 e. The average Bonchev–Trinajstić information content (AvgIpc) is 0.985. The summed E-state index contributed by atoms with van der Waals surface area (Å²) in [6.07, 6.45) is 122. The molecule has 0 aromatic rings. The summed E-state index contributed by atoms with van der Waals surface area (Å²) in [6.45, 7) is 4.71. The van der Waals surface area contributed by atoms with Crippen LogP contribution in [0, 0.1) is 0 Å². The molecule has 2 atom stereocenters. The van der Waals surface area contributed by atoms with E-state index in [4.69, 9.17) is 18.9 Å². The largest absolute Gasteiger partial charge is 0.477 e. The van der Waals surface area contributed by atoms with Crippen molar-refractivity contribution in [3.8, 4) is 0 Å². The van der Waals surface area contributed by atoms with Crippen LogP contribution >= 0.6 is 0 Å². The molecule has 0 aliphatic carbocycles. The predicted octanol–water partition coefficient (Wildman–Crippen LogP) is 27.5. The Morgan fingerprint density at radius 1 is 0.301 bits per heavy atom. The third kappa shape index (κ3) is 83.5. The Morgan fingerprint density at radius 2 is 0.553 bits per heavy atom. The van der Waals surface area contributed by atoms with Gasteiger partial charge in [0.15, 0.2) is 6.10 Å². The molecule has 0 fully saturated rings. The fourth-order valence-electron chi connectivity index (χ4n) is 11.3. The first-order chi connectivity index (χ1) is 50.6. The van der Waals surface area contributed by atoms with Crippen LogP contribution in [0.2, 0.25) is 0 Å². The maximum absolute atomic E-state index is 13.0. The van der Waals surface area contributed by atoms with Crippen molar-refractivity contribution in [2.75, 3.05) is 47.5 Å². The van der Waals surface area contributed by atoms with Gasteiger partial charge >= 0.3 is 17.9 Å². The highest BCUT2D eigenvalue weighted by Crippen LogP contribution is 2.18. The number of carboxylic acid groups (broad SMARTS) is 1. The molecule has 0 aliphatic rings. The van der Waals surface area contributed by atoms with Gasteiger partial charge in [0.1, 0.15) is 13.2 Å². The van der Waals surface area contributed by atoms with Crippen molar-refractivity contribution in [1.82, 2.24) is 0 Å². The van der Waals surface area contributed by atoms with E-state index >= 15 is 0 Å². The van der Waals surface area contributed by atoms with Gasteiger partial charge in [-0.15, -0.1) is 0 Å². The molecule has 0 rings (SSSR count). The molecule has 0 aromatic heterocycles. The molecule has 2 unspecified atom stereocenters. The van der Waals surface area contributed by atoms with Gasteiger partial charge in [-0.2, -0.15) is 0 Å². The predicted molar refractivity (Wildman–Crippen MR) is 446 cm³/mol. The van der Waals surface area contributed by atoms with Crippen molar-refractivity contribution in [3.05, 3.63) is 182 Å². The van der Waals surface area contributed by atoms with Gasteiger partial charge in [0.25, 0.3) is 6.29 Å². The number of hydrogen-bond donors (Lipinski definition) is 1. The molecule has 0 saturated heterocycles. The minimum absolute atomic E-state index is 0.171. The standard InChI is InChI=1S/C94H155NO8/c1-6-8-10-12-14-16-18-20-22-24-26-28-30-32-34-36-38-40-42-44-46-48-50-52-54-56-58-60-62-64-66-68-70-72-74-76-78-80-82-84-91(96)101-88-90(89-102-94(93(98)99)100-87-86-95(3,4)5)103-92(97)85-83-81-79-77-75-73-71-69-67-65-63-61-59-57-55-53-51-49-47-45-43-41-39-37-35-33-31-29-27-25-23-21-19-17-15-13-11-9-7-2/h9,11,15,17-18,20-21,23-24,26-27,29-30,32-33,35,39,41,45,47,51,53,57,59,63,65,69,71,75,77,90,94H,6-8,10,12-14,16,19,22,25,28,31,34,36-38,40,42-44,46,48-50,52,54-56,58,60-62,64,66-68,70,72-74,76,78-89H2,1-5H3/p+1/b11-9-,17-15-,20-18-,23-21-,26-24-,29-27-,32-30-,35-33-,41-39-,47-45-,53-51-,59-57-,65-63-,71-69-,77-75-. The molecule has 0 radical (unpaired) electrons. The SMILES string of the molecule is CC/C=C\C/C=C\C/C=C\C/C=C\C/C=C\C/C=C\C/C=C\C/C=C\C/C=C\C/C=C\C/C=C\C/C=C\CCCCC(=O)OC(COC(=O)CCCCCCCCCCCCCCCCCCCCCCCCCC/C=C\C/C=C\C/C=C\CCCCCCC)COC(OCC[N+](C)(C)C)C(=O)O. The molecule has 9 heteroatoms. The number of carboxylic acids is 1. The van der Waals surface area contributed by atoms with E-state index in [-0.39, 0.29) is 38.6 Å². The smallest absolute Gasteiger partial charge is 0.361 e. The summed E-state index contributed by atoms with van der Waals surface area (Å²) < 4.78 is 23.0. The van der Waals surface area contributed by atoms with Gasteiger partial charge in [0, 0.05) is 12.8 Å². The van der Waals surface area contributed by atoms with Crippen molar-refractivity contribution >= 4 is 17.9 Å². The highest BCUT2D eigenvalue weighted by Gasteiger charge is 2.25. The number of esters is 2. The van der Waals surface area contributed by atoms with Gasteiger partial charge in [0.05, 0.1) is 34.4 Å². The second kappa shape index (κ2) is 82.1. The third-order valence-corrected chi connectivity index (χ3v) is 17.6. The van der Waals surface area contributed by atoms with E-state index in [1.807, 2.05) is 21.1 Å². The quantitative estimate of drug-likeness (QED) is 0.0211. The molecule has 0 aliphatic heterocycles. The van der Waals surface area contributed by atoms with Crippen molar-refractivity contribution in [2.24, 2.45) is 0 Å². The minimum Gasteiger partial charge on any atom is -0.477 e. The zero-order valence-electron chi connectivity index (χ0n) is 66.9. The summed E-state index contributed by atoms with van der Waals surface area (Å²) in [7, 11) is 5.96. The van der Waals surface area contributed by atoms with E-state index in [0.717, 1.165) is 122 Å². The molecule has 9 nitrogen and oxygen atoms in total. The molecule has 0 heterocycles. The van der Waals surface area contributed by atoms with Gasteiger partial charge in [-0.1, -0.05) is 363 Å². The molecular weight excluding hydrogens is 1270 g/mol. The number of carbonyl (C=O) groups excluding carboxylic acids is 2. The number of hydrogen-bond acceptors (Lipinski definition) is 7. The van der Waals surface area contributed by atoms with Crippen LogP contribution in [0.3, 0.4) is 0 Å². The summed E-state index contributed by atoms with van der Waals surface area (Å²) in [5.41, 5.74) is 0. The third-order valence-electron chi connectivity index (χ3n) is 17.6. The van der Waals surface area contributed by atoms with Gasteiger partial charge in [-0.25, -0.2) is 4.79 Å². The van der Waals surface area contributed by atoms with Crippen molar-refractivity contribution in [1.29, 1.82) is 0 Å². The van der Waals surface area contributed by atoms with Crippen molar-refractivity contribution in [3.63, 3.8) is 0 Å². The number of nitrogens with zero attached hydrogens (tertiary/aromatic N) is 1. The Balaban J connectivity index is 4.12. The Morgan fingerprint density at radius 3 is 0.845 bits per heavy atom. The number of rotatable bonds is 76. The molecule has 103 heavy (non-hydrogen) atoms. The summed E-state index contributed by atoms with van der Waals surface area (Å²) in [6, 6.07) is 0. The van der Waals surface area contributed by atoms with Crippen molar-refractivity contribution < 1.29 is 42.9 Å². The molecule has 1 N–H and O–H groups in total. The maximum atomic E-state index is 13.0. The van der Waals surface area contributed by atoms with Crippen LogP contribution in [0.1, 0.15) is 335 Å².